The smallest absolute Gasteiger partial charge is 0.159 e. The minimum absolute atomic E-state index is 0.802. The van der Waals surface area contributed by atoms with Crippen molar-refractivity contribution in [2.45, 2.75) is 6.92 Å². The zero-order chi connectivity index (χ0) is 9.10. The monoisotopic (exact) mass is 170 g/mol. The van der Waals surface area contributed by atoms with Gasteiger partial charge in [-0.3, -0.25) is 0 Å². The minimum Gasteiger partial charge on any atom is -0.237 e. The van der Waals surface area contributed by atoms with E-state index in [1.165, 1.54) is 0 Å². The zero-order valence-corrected chi connectivity index (χ0v) is 7.44. The van der Waals surface area contributed by atoms with Crippen LogP contribution in [0.4, 0.5) is 0 Å². The fraction of sp³-hybridized carbons (Fsp3) is 0.0909. The van der Waals surface area contributed by atoms with Crippen molar-refractivity contribution in [3.8, 4) is 0 Å². The number of nitrogens with zero attached hydrogens (tertiary/aromatic N) is 2. The molecule has 0 radical (unpaired) electrons. The Morgan fingerprint density at radius 3 is 3.08 bits per heavy atom. The van der Waals surface area contributed by atoms with E-state index in [1.54, 1.807) is 6.20 Å². The molecule has 0 unspecified atom stereocenters. The highest BCUT2D eigenvalue weighted by molar-refractivity contribution is 5.76. The summed E-state index contributed by atoms with van der Waals surface area (Å²) < 4.78 is 0. The summed E-state index contributed by atoms with van der Waals surface area (Å²) >= 11 is 0. The van der Waals surface area contributed by atoms with Crippen LogP contribution in [0.1, 0.15) is 12.5 Å². The van der Waals surface area contributed by atoms with E-state index in [0.717, 1.165) is 16.6 Å². The normalized spacial score (nSPS) is 11.2. The first-order valence-electron chi connectivity index (χ1n) is 4.23. The standard InChI is InChI=1S/C11H10N2/c1-2-4-9-7-10-5-3-6-12-11(10)13-8-9/h2-8H,1H3/b4-2+. The second-order valence-electron chi connectivity index (χ2n) is 2.82. The third-order valence-corrected chi connectivity index (χ3v) is 1.83. The summed E-state index contributed by atoms with van der Waals surface area (Å²) in [6, 6.07) is 6.02. The molecular formula is C11H10N2. The molecule has 0 N–H and O–H groups in total. The molecule has 0 saturated heterocycles. The molecule has 0 bridgehead atoms. The van der Waals surface area contributed by atoms with Gasteiger partial charge in [0.15, 0.2) is 5.65 Å². The topological polar surface area (TPSA) is 25.8 Å². The van der Waals surface area contributed by atoms with E-state index in [0.29, 0.717) is 0 Å². The van der Waals surface area contributed by atoms with Crippen molar-refractivity contribution in [3.05, 3.63) is 42.2 Å². The Morgan fingerprint density at radius 1 is 1.31 bits per heavy atom. The number of allylic oxidation sites excluding steroid dienone is 1. The van der Waals surface area contributed by atoms with E-state index in [9.17, 15) is 0 Å². The summed E-state index contributed by atoms with van der Waals surface area (Å²) in [4.78, 5) is 8.38. The van der Waals surface area contributed by atoms with Gasteiger partial charge in [0.25, 0.3) is 0 Å². The van der Waals surface area contributed by atoms with Crippen molar-refractivity contribution in [1.82, 2.24) is 9.97 Å². The molecule has 0 saturated carbocycles. The second kappa shape index (κ2) is 3.35. The van der Waals surface area contributed by atoms with E-state index in [1.807, 2.05) is 37.4 Å². The highest BCUT2D eigenvalue weighted by atomic mass is 14.8. The van der Waals surface area contributed by atoms with Crippen molar-refractivity contribution < 1.29 is 0 Å². The van der Waals surface area contributed by atoms with E-state index < -0.39 is 0 Å². The maximum atomic E-state index is 4.24. The molecule has 0 aliphatic rings. The van der Waals surface area contributed by atoms with Crippen LogP contribution in [-0.4, -0.2) is 9.97 Å². The quantitative estimate of drug-likeness (QED) is 0.657. The van der Waals surface area contributed by atoms with Crippen molar-refractivity contribution in [1.29, 1.82) is 0 Å². The molecule has 2 aromatic heterocycles. The number of fused-ring (bicyclic) bond motifs is 1. The SMILES string of the molecule is C/C=C/c1cnc2ncccc2c1. The van der Waals surface area contributed by atoms with Gasteiger partial charge >= 0.3 is 0 Å². The van der Waals surface area contributed by atoms with Gasteiger partial charge in [0.05, 0.1) is 0 Å². The Labute approximate surface area is 77.0 Å². The van der Waals surface area contributed by atoms with E-state index in [2.05, 4.69) is 16.0 Å². The molecule has 0 aliphatic heterocycles. The average Bonchev–Trinajstić information content (AvgIpc) is 2.18. The van der Waals surface area contributed by atoms with E-state index >= 15 is 0 Å². The Balaban J connectivity index is 2.62. The molecule has 0 aliphatic carbocycles. The van der Waals surface area contributed by atoms with Crippen LogP contribution in [0.2, 0.25) is 0 Å². The fourth-order valence-electron chi connectivity index (χ4n) is 1.27. The predicted octanol–water partition coefficient (Wildman–Crippen LogP) is 2.66. The van der Waals surface area contributed by atoms with Gasteiger partial charge in [-0.25, -0.2) is 9.97 Å². The lowest BCUT2D eigenvalue weighted by Gasteiger charge is -1.96. The summed E-state index contributed by atoms with van der Waals surface area (Å²) in [6.07, 6.45) is 7.61. The molecule has 13 heavy (non-hydrogen) atoms. The number of hydrogen-bond acceptors (Lipinski definition) is 2. The molecular weight excluding hydrogens is 160 g/mol. The molecule has 2 heteroatoms. The van der Waals surface area contributed by atoms with Gasteiger partial charge in [-0.15, -0.1) is 0 Å². The minimum atomic E-state index is 0.802. The Morgan fingerprint density at radius 2 is 2.23 bits per heavy atom. The maximum absolute atomic E-state index is 4.24. The molecule has 0 spiro atoms. The second-order valence-corrected chi connectivity index (χ2v) is 2.82. The molecule has 2 aromatic rings. The molecule has 64 valence electrons. The molecule has 2 nitrogen and oxygen atoms in total. The molecule has 2 rings (SSSR count). The van der Waals surface area contributed by atoms with E-state index in [-0.39, 0.29) is 0 Å². The van der Waals surface area contributed by atoms with Crippen LogP contribution in [0.5, 0.6) is 0 Å². The summed E-state index contributed by atoms with van der Waals surface area (Å²) in [5.41, 5.74) is 1.92. The molecule has 0 fully saturated rings. The molecule has 0 amide bonds. The summed E-state index contributed by atoms with van der Waals surface area (Å²) in [7, 11) is 0. The predicted molar refractivity (Wildman–Crippen MR) is 54.2 cm³/mol. The van der Waals surface area contributed by atoms with Crippen LogP contribution < -0.4 is 0 Å². The van der Waals surface area contributed by atoms with Crippen LogP contribution >= 0.6 is 0 Å². The number of hydrogen-bond donors (Lipinski definition) is 0. The lowest BCUT2D eigenvalue weighted by atomic mass is 10.2. The maximum Gasteiger partial charge on any atom is 0.159 e. The van der Waals surface area contributed by atoms with Gasteiger partial charge in [0, 0.05) is 17.8 Å². The molecule has 0 aromatic carbocycles. The van der Waals surface area contributed by atoms with Crippen molar-refractivity contribution >= 4 is 17.1 Å². The van der Waals surface area contributed by atoms with Gasteiger partial charge in [0.2, 0.25) is 0 Å². The fourth-order valence-corrected chi connectivity index (χ4v) is 1.27. The molecule has 0 atom stereocenters. The van der Waals surface area contributed by atoms with Crippen molar-refractivity contribution in [2.24, 2.45) is 0 Å². The Hall–Kier alpha value is -1.70. The van der Waals surface area contributed by atoms with Crippen molar-refractivity contribution in [3.63, 3.8) is 0 Å². The van der Waals surface area contributed by atoms with Crippen LogP contribution in [0.3, 0.4) is 0 Å². The van der Waals surface area contributed by atoms with Crippen molar-refractivity contribution in [2.75, 3.05) is 0 Å². The summed E-state index contributed by atoms with van der Waals surface area (Å²) in [6.45, 7) is 1.99. The summed E-state index contributed by atoms with van der Waals surface area (Å²) in [5, 5.41) is 1.08. The van der Waals surface area contributed by atoms with Crippen LogP contribution in [0.25, 0.3) is 17.1 Å². The highest BCUT2D eigenvalue weighted by Gasteiger charge is 1.94. The average molecular weight is 170 g/mol. The van der Waals surface area contributed by atoms with Crippen LogP contribution in [0.15, 0.2) is 36.7 Å². The van der Waals surface area contributed by atoms with Gasteiger partial charge in [0.1, 0.15) is 0 Å². The highest BCUT2D eigenvalue weighted by Crippen LogP contribution is 2.10. The first-order valence-corrected chi connectivity index (χ1v) is 4.23. The van der Waals surface area contributed by atoms with Gasteiger partial charge in [-0.1, -0.05) is 12.2 Å². The van der Waals surface area contributed by atoms with Crippen LogP contribution in [-0.2, 0) is 0 Å². The van der Waals surface area contributed by atoms with Crippen LogP contribution in [0, 0.1) is 0 Å². The van der Waals surface area contributed by atoms with Gasteiger partial charge in [-0.05, 0) is 30.7 Å². The third-order valence-electron chi connectivity index (χ3n) is 1.83. The Bertz CT molecular complexity index is 447. The van der Waals surface area contributed by atoms with Gasteiger partial charge < -0.3 is 0 Å². The summed E-state index contributed by atoms with van der Waals surface area (Å²) in [5.74, 6) is 0. The third kappa shape index (κ3) is 1.56. The largest absolute Gasteiger partial charge is 0.237 e. The number of pyridine rings is 2. The zero-order valence-electron chi connectivity index (χ0n) is 7.44. The Kier molecular flexibility index (Phi) is 2.04. The molecule has 2 heterocycles. The van der Waals surface area contributed by atoms with Gasteiger partial charge in [-0.2, -0.15) is 0 Å². The number of rotatable bonds is 1. The van der Waals surface area contributed by atoms with E-state index in [4.69, 9.17) is 0 Å². The lowest BCUT2D eigenvalue weighted by Crippen LogP contribution is -1.83. The number of aromatic nitrogens is 2. The first kappa shape index (κ1) is 7.92. The lowest BCUT2D eigenvalue weighted by molar-refractivity contribution is 1.28. The first-order chi connectivity index (χ1) is 6.40.